The Bertz CT molecular complexity index is 288. The Morgan fingerprint density at radius 2 is 1.64 bits per heavy atom. The van der Waals surface area contributed by atoms with Gasteiger partial charge in [0.1, 0.15) is 0 Å². The maximum Gasteiger partial charge on any atom is 0.0594 e. The van der Waals surface area contributed by atoms with Crippen molar-refractivity contribution in [1.29, 1.82) is 0 Å². The molecule has 2 aliphatic rings. The van der Waals surface area contributed by atoms with Gasteiger partial charge in [-0.3, -0.25) is 4.90 Å². The van der Waals surface area contributed by atoms with E-state index in [2.05, 4.69) is 29.0 Å². The fourth-order valence-corrected chi connectivity index (χ4v) is 3.24. The fourth-order valence-electron chi connectivity index (χ4n) is 3.24. The zero-order valence-electron chi connectivity index (χ0n) is 14.5. The summed E-state index contributed by atoms with van der Waals surface area (Å²) in [4.78, 5) is 5.11. The van der Waals surface area contributed by atoms with Crippen molar-refractivity contribution in [2.45, 2.75) is 45.3 Å². The number of nitrogens with zero attached hydrogens (tertiary/aromatic N) is 2. The summed E-state index contributed by atoms with van der Waals surface area (Å²) in [5.74, 6) is 0.365. The first-order valence-corrected chi connectivity index (χ1v) is 9.09. The number of hydrogen-bond donors (Lipinski definition) is 2. The van der Waals surface area contributed by atoms with Gasteiger partial charge in [0.05, 0.1) is 19.3 Å². The van der Waals surface area contributed by atoms with Gasteiger partial charge in [-0.2, -0.15) is 0 Å². The van der Waals surface area contributed by atoms with E-state index in [1.165, 1.54) is 39.0 Å². The summed E-state index contributed by atoms with van der Waals surface area (Å²) < 4.78 is 5.39. The van der Waals surface area contributed by atoms with Gasteiger partial charge in [0, 0.05) is 32.2 Å². The highest BCUT2D eigenvalue weighted by atomic mass is 16.5. The minimum absolute atomic E-state index is 0.166. The Labute approximate surface area is 136 Å². The molecule has 2 saturated heterocycles. The standard InChI is InChI=1S/C17H35N3O2/c1-15(2)17(21)3-6-18-16-4-7-19(8-5-16)9-10-20-11-13-22-14-12-20/h15-18,21H,3-14H2,1-2H3. The third-order valence-corrected chi connectivity index (χ3v) is 5.07. The molecule has 0 amide bonds. The first-order valence-electron chi connectivity index (χ1n) is 9.09. The Kier molecular flexibility index (Phi) is 8.11. The lowest BCUT2D eigenvalue weighted by Gasteiger charge is -2.35. The van der Waals surface area contributed by atoms with Crippen molar-refractivity contribution in [3.8, 4) is 0 Å². The number of morpholine rings is 1. The smallest absolute Gasteiger partial charge is 0.0594 e. The van der Waals surface area contributed by atoms with E-state index in [0.717, 1.165) is 39.3 Å². The second-order valence-electron chi connectivity index (χ2n) is 7.12. The number of hydrogen-bond acceptors (Lipinski definition) is 5. The number of rotatable bonds is 8. The second kappa shape index (κ2) is 9.83. The van der Waals surface area contributed by atoms with Crippen LogP contribution in [-0.2, 0) is 4.74 Å². The molecule has 22 heavy (non-hydrogen) atoms. The van der Waals surface area contributed by atoms with Gasteiger partial charge in [0.2, 0.25) is 0 Å². The van der Waals surface area contributed by atoms with E-state index in [9.17, 15) is 5.11 Å². The summed E-state index contributed by atoms with van der Waals surface area (Å²) in [6.45, 7) is 13.9. The van der Waals surface area contributed by atoms with Crippen molar-refractivity contribution in [3.63, 3.8) is 0 Å². The molecule has 5 nitrogen and oxygen atoms in total. The molecule has 2 fully saturated rings. The van der Waals surface area contributed by atoms with Crippen LogP contribution >= 0.6 is 0 Å². The maximum absolute atomic E-state index is 9.83. The molecular weight excluding hydrogens is 278 g/mol. The summed E-state index contributed by atoms with van der Waals surface area (Å²) >= 11 is 0. The zero-order chi connectivity index (χ0) is 15.8. The highest BCUT2D eigenvalue weighted by molar-refractivity contribution is 4.78. The highest BCUT2D eigenvalue weighted by Gasteiger charge is 2.20. The van der Waals surface area contributed by atoms with E-state index in [-0.39, 0.29) is 6.10 Å². The predicted molar refractivity (Wildman–Crippen MR) is 90.2 cm³/mol. The molecule has 0 spiro atoms. The van der Waals surface area contributed by atoms with Crippen molar-refractivity contribution >= 4 is 0 Å². The van der Waals surface area contributed by atoms with E-state index < -0.39 is 0 Å². The van der Waals surface area contributed by atoms with Gasteiger partial charge in [-0.05, 0) is 44.8 Å². The molecule has 0 aliphatic carbocycles. The van der Waals surface area contributed by atoms with Gasteiger partial charge in [-0.25, -0.2) is 0 Å². The van der Waals surface area contributed by atoms with Crippen LogP contribution in [0.25, 0.3) is 0 Å². The molecule has 2 heterocycles. The predicted octanol–water partition coefficient (Wildman–Crippen LogP) is 0.780. The fraction of sp³-hybridized carbons (Fsp3) is 1.00. The van der Waals surface area contributed by atoms with E-state index in [0.29, 0.717) is 12.0 Å². The number of piperidine rings is 1. The van der Waals surface area contributed by atoms with Gasteiger partial charge in [-0.15, -0.1) is 0 Å². The van der Waals surface area contributed by atoms with Crippen LogP contribution in [0.2, 0.25) is 0 Å². The van der Waals surface area contributed by atoms with E-state index >= 15 is 0 Å². The average molecular weight is 313 g/mol. The molecule has 0 radical (unpaired) electrons. The molecule has 0 aromatic carbocycles. The SMILES string of the molecule is CC(C)C(O)CCNC1CCN(CCN2CCOCC2)CC1. The van der Waals surface area contributed by atoms with Crippen LogP contribution in [0.1, 0.15) is 33.1 Å². The normalized spacial score (nSPS) is 24.0. The van der Waals surface area contributed by atoms with Crippen LogP contribution in [0.5, 0.6) is 0 Å². The molecular formula is C17H35N3O2. The monoisotopic (exact) mass is 313 g/mol. The molecule has 130 valence electrons. The van der Waals surface area contributed by atoms with Gasteiger partial charge < -0.3 is 20.1 Å². The first-order chi connectivity index (χ1) is 10.6. The van der Waals surface area contributed by atoms with Crippen molar-refractivity contribution in [1.82, 2.24) is 15.1 Å². The van der Waals surface area contributed by atoms with Crippen LogP contribution < -0.4 is 5.32 Å². The number of nitrogens with one attached hydrogen (secondary N) is 1. The Morgan fingerprint density at radius 3 is 2.23 bits per heavy atom. The van der Waals surface area contributed by atoms with Crippen molar-refractivity contribution in [2.24, 2.45) is 5.92 Å². The van der Waals surface area contributed by atoms with Crippen molar-refractivity contribution in [2.75, 3.05) is 59.0 Å². The minimum atomic E-state index is -0.166. The maximum atomic E-state index is 9.83. The molecule has 2 aliphatic heterocycles. The third-order valence-electron chi connectivity index (χ3n) is 5.07. The Balaban J connectivity index is 1.52. The van der Waals surface area contributed by atoms with Crippen LogP contribution in [0.15, 0.2) is 0 Å². The molecule has 1 unspecified atom stereocenters. The van der Waals surface area contributed by atoms with E-state index in [1.54, 1.807) is 0 Å². The van der Waals surface area contributed by atoms with Gasteiger partial charge in [-0.1, -0.05) is 13.8 Å². The van der Waals surface area contributed by atoms with E-state index in [4.69, 9.17) is 4.74 Å². The topological polar surface area (TPSA) is 48.0 Å². The van der Waals surface area contributed by atoms with Crippen LogP contribution in [0, 0.1) is 5.92 Å². The summed E-state index contributed by atoms with van der Waals surface area (Å²) in [6, 6.07) is 0.638. The van der Waals surface area contributed by atoms with Crippen molar-refractivity contribution < 1.29 is 9.84 Å². The summed E-state index contributed by atoms with van der Waals surface area (Å²) in [6.07, 6.45) is 3.18. The zero-order valence-corrected chi connectivity index (χ0v) is 14.5. The highest BCUT2D eigenvalue weighted by Crippen LogP contribution is 2.11. The summed E-state index contributed by atoms with van der Waals surface area (Å²) in [7, 11) is 0. The number of aliphatic hydroxyl groups is 1. The second-order valence-corrected chi connectivity index (χ2v) is 7.12. The first kappa shape index (κ1) is 18.1. The van der Waals surface area contributed by atoms with Gasteiger partial charge in [0.15, 0.2) is 0 Å². The lowest BCUT2D eigenvalue weighted by atomic mass is 10.0. The van der Waals surface area contributed by atoms with Gasteiger partial charge in [0.25, 0.3) is 0 Å². The molecule has 1 atom stereocenters. The van der Waals surface area contributed by atoms with Crippen molar-refractivity contribution in [3.05, 3.63) is 0 Å². The summed E-state index contributed by atoms with van der Waals surface area (Å²) in [5.41, 5.74) is 0. The number of aliphatic hydroxyl groups excluding tert-OH is 1. The third kappa shape index (κ3) is 6.50. The largest absolute Gasteiger partial charge is 0.393 e. The quantitative estimate of drug-likeness (QED) is 0.693. The lowest BCUT2D eigenvalue weighted by Crippen LogP contribution is -2.46. The Hall–Kier alpha value is -0.200. The molecule has 2 N–H and O–H groups in total. The molecule has 0 bridgehead atoms. The Morgan fingerprint density at radius 1 is 1.05 bits per heavy atom. The summed E-state index contributed by atoms with van der Waals surface area (Å²) in [5, 5.41) is 13.4. The molecule has 2 rings (SSSR count). The molecule has 0 saturated carbocycles. The number of ether oxygens (including phenoxy) is 1. The molecule has 5 heteroatoms. The average Bonchev–Trinajstić information content (AvgIpc) is 2.55. The van der Waals surface area contributed by atoms with E-state index in [1.807, 2.05) is 0 Å². The lowest BCUT2D eigenvalue weighted by molar-refractivity contribution is 0.0318. The molecule has 0 aromatic rings. The minimum Gasteiger partial charge on any atom is -0.393 e. The number of likely N-dealkylation sites (tertiary alicyclic amines) is 1. The van der Waals surface area contributed by atoms with Gasteiger partial charge >= 0.3 is 0 Å². The molecule has 0 aromatic heterocycles. The van der Waals surface area contributed by atoms with Crippen LogP contribution in [0.3, 0.4) is 0 Å². The van der Waals surface area contributed by atoms with Crippen LogP contribution in [0.4, 0.5) is 0 Å². The van der Waals surface area contributed by atoms with Crippen LogP contribution in [-0.4, -0.2) is 86.1 Å².